The van der Waals surface area contributed by atoms with Crippen molar-refractivity contribution in [2.75, 3.05) is 6.54 Å². The number of imide groups is 1. The highest BCUT2D eigenvalue weighted by molar-refractivity contribution is 6.32. The second kappa shape index (κ2) is 8.15. The molecule has 1 atom stereocenters. The van der Waals surface area contributed by atoms with Gasteiger partial charge in [-0.3, -0.25) is 14.5 Å². The molecule has 3 rings (SSSR count). The van der Waals surface area contributed by atoms with Crippen molar-refractivity contribution >= 4 is 29.3 Å². The van der Waals surface area contributed by atoms with Gasteiger partial charge in [0.1, 0.15) is 5.54 Å². The average Bonchev–Trinajstić information content (AvgIpc) is 2.90. The molecule has 2 aromatic rings. The Hall–Kier alpha value is -2.66. The molecule has 0 radical (unpaired) electrons. The molecule has 1 aliphatic rings. The van der Waals surface area contributed by atoms with Crippen LogP contribution in [0.25, 0.3) is 0 Å². The van der Waals surface area contributed by atoms with Gasteiger partial charge in [0.2, 0.25) is 0 Å². The largest absolute Gasteiger partial charge is 0.325 e. The molecule has 1 saturated heterocycles. The predicted octanol–water partition coefficient (Wildman–Crippen LogP) is 4.33. The zero-order chi connectivity index (χ0) is 20.3. The number of halogens is 1. The SMILES string of the molecule is CCCCc1ccc(C(=O)CN2C(=O)N[C@@](C)(c3ccccc3Cl)C2=O)cc1. The Kier molecular flexibility index (Phi) is 5.84. The Bertz CT molecular complexity index is 910. The lowest BCUT2D eigenvalue weighted by Gasteiger charge is -2.23. The summed E-state index contributed by atoms with van der Waals surface area (Å²) in [6.07, 6.45) is 3.17. The van der Waals surface area contributed by atoms with E-state index in [-0.39, 0.29) is 12.3 Å². The van der Waals surface area contributed by atoms with Gasteiger partial charge in [0, 0.05) is 16.1 Å². The Labute approximate surface area is 169 Å². The van der Waals surface area contributed by atoms with Gasteiger partial charge in [-0.1, -0.05) is 67.4 Å². The van der Waals surface area contributed by atoms with Crippen LogP contribution in [0, 0.1) is 0 Å². The van der Waals surface area contributed by atoms with Crippen LogP contribution in [0.15, 0.2) is 48.5 Å². The maximum absolute atomic E-state index is 13.0. The summed E-state index contributed by atoms with van der Waals surface area (Å²) in [6.45, 7) is 3.42. The topological polar surface area (TPSA) is 66.5 Å². The second-order valence-electron chi connectivity index (χ2n) is 7.15. The number of nitrogens with zero attached hydrogens (tertiary/aromatic N) is 1. The van der Waals surface area contributed by atoms with Crippen molar-refractivity contribution in [2.24, 2.45) is 0 Å². The highest BCUT2D eigenvalue weighted by atomic mass is 35.5. The van der Waals surface area contributed by atoms with Gasteiger partial charge in [0.15, 0.2) is 5.78 Å². The van der Waals surface area contributed by atoms with E-state index in [1.807, 2.05) is 12.1 Å². The molecule has 0 unspecified atom stereocenters. The van der Waals surface area contributed by atoms with Crippen molar-refractivity contribution in [1.82, 2.24) is 10.2 Å². The minimum absolute atomic E-state index is 0.283. The first-order chi connectivity index (χ1) is 13.4. The Morgan fingerprint density at radius 3 is 2.43 bits per heavy atom. The van der Waals surface area contributed by atoms with E-state index in [9.17, 15) is 14.4 Å². The van der Waals surface area contributed by atoms with Crippen molar-refractivity contribution in [3.05, 3.63) is 70.2 Å². The van der Waals surface area contributed by atoms with E-state index < -0.39 is 17.5 Å². The number of carbonyl (C=O) groups is 3. The van der Waals surface area contributed by atoms with Gasteiger partial charge in [-0.2, -0.15) is 0 Å². The van der Waals surface area contributed by atoms with Crippen molar-refractivity contribution in [1.29, 1.82) is 0 Å². The number of aryl methyl sites for hydroxylation is 1. The molecule has 0 saturated carbocycles. The molecule has 1 fully saturated rings. The van der Waals surface area contributed by atoms with Crippen LogP contribution in [0.3, 0.4) is 0 Å². The number of unbranched alkanes of at least 4 members (excludes halogenated alkanes) is 1. The van der Waals surface area contributed by atoms with Crippen LogP contribution in [0.1, 0.15) is 48.2 Å². The third-order valence-electron chi connectivity index (χ3n) is 5.08. The van der Waals surface area contributed by atoms with Gasteiger partial charge in [0.05, 0.1) is 6.54 Å². The summed E-state index contributed by atoms with van der Waals surface area (Å²) in [5, 5.41) is 3.06. The Morgan fingerprint density at radius 2 is 1.79 bits per heavy atom. The lowest BCUT2D eigenvalue weighted by molar-refractivity contribution is -0.130. The summed E-state index contributed by atoms with van der Waals surface area (Å²) in [7, 11) is 0. The Morgan fingerprint density at radius 1 is 1.11 bits per heavy atom. The highest BCUT2D eigenvalue weighted by Crippen LogP contribution is 2.33. The number of carbonyl (C=O) groups excluding carboxylic acids is 3. The summed E-state index contributed by atoms with van der Waals surface area (Å²) < 4.78 is 0. The number of rotatable bonds is 7. The third-order valence-corrected chi connectivity index (χ3v) is 5.41. The van der Waals surface area contributed by atoms with Gasteiger partial charge in [-0.05, 0) is 31.4 Å². The van der Waals surface area contributed by atoms with Crippen LogP contribution in [0.2, 0.25) is 5.02 Å². The van der Waals surface area contributed by atoms with E-state index in [0.29, 0.717) is 16.1 Å². The maximum Gasteiger partial charge on any atom is 0.325 e. The lowest BCUT2D eigenvalue weighted by atomic mass is 9.92. The normalized spacial score (nSPS) is 19.0. The fourth-order valence-corrected chi connectivity index (χ4v) is 3.69. The molecule has 0 spiro atoms. The first-order valence-corrected chi connectivity index (χ1v) is 9.76. The first kappa shape index (κ1) is 20.1. The van der Waals surface area contributed by atoms with Crippen molar-refractivity contribution in [3.8, 4) is 0 Å². The molecule has 0 bridgehead atoms. The molecule has 0 aromatic heterocycles. The van der Waals surface area contributed by atoms with Crippen LogP contribution in [0.4, 0.5) is 4.79 Å². The number of Topliss-reactive ketones (excluding diaryl/α,β-unsaturated/α-hetero) is 1. The van der Waals surface area contributed by atoms with Gasteiger partial charge >= 0.3 is 6.03 Å². The standard InChI is InChI=1S/C22H23ClN2O3/c1-3-4-7-15-10-12-16(13-11-15)19(26)14-25-20(27)22(2,24-21(25)28)17-8-5-6-9-18(17)23/h5-6,8-13H,3-4,7,14H2,1-2H3,(H,24,28)/t22-/m0/s1. The molecule has 0 aliphatic carbocycles. The van der Waals surface area contributed by atoms with Crippen LogP contribution < -0.4 is 5.32 Å². The van der Waals surface area contributed by atoms with E-state index in [1.165, 1.54) is 5.56 Å². The minimum atomic E-state index is -1.29. The average molecular weight is 399 g/mol. The van der Waals surface area contributed by atoms with Crippen molar-refractivity contribution < 1.29 is 14.4 Å². The number of benzene rings is 2. The Balaban J connectivity index is 1.75. The summed E-state index contributed by atoms with van der Waals surface area (Å²) in [5.74, 6) is -0.771. The van der Waals surface area contributed by atoms with Crippen molar-refractivity contribution in [3.63, 3.8) is 0 Å². The number of amides is 3. The molecular weight excluding hydrogens is 376 g/mol. The quantitative estimate of drug-likeness (QED) is 0.557. The fourth-order valence-electron chi connectivity index (χ4n) is 3.36. The smallest absolute Gasteiger partial charge is 0.319 e. The van der Waals surface area contributed by atoms with Gasteiger partial charge in [0.25, 0.3) is 5.91 Å². The number of hydrogen-bond donors (Lipinski definition) is 1. The predicted molar refractivity (Wildman–Crippen MR) is 108 cm³/mol. The summed E-state index contributed by atoms with van der Waals surface area (Å²) >= 11 is 6.22. The fraction of sp³-hybridized carbons (Fsp3) is 0.318. The molecule has 6 heteroatoms. The van der Waals surface area contributed by atoms with E-state index in [1.54, 1.807) is 43.3 Å². The first-order valence-electron chi connectivity index (χ1n) is 9.38. The number of hydrogen-bond acceptors (Lipinski definition) is 3. The van der Waals surface area contributed by atoms with Crippen LogP contribution in [-0.4, -0.2) is 29.2 Å². The number of ketones is 1. The number of urea groups is 1. The van der Waals surface area contributed by atoms with E-state index in [0.717, 1.165) is 24.2 Å². The molecule has 146 valence electrons. The molecule has 1 aliphatic heterocycles. The van der Waals surface area contributed by atoms with Crippen LogP contribution >= 0.6 is 11.6 Å². The monoisotopic (exact) mass is 398 g/mol. The summed E-state index contributed by atoms with van der Waals surface area (Å²) in [4.78, 5) is 39.0. The van der Waals surface area contributed by atoms with Crippen molar-refractivity contribution in [2.45, 2.75) is 38.6 Å². The summed E-state index contributed by atoms with van der Waals surface area (Å²) in [6, 6.07) is 13.6. The van der Waals surface area contributed by atoms with Crippen LogP contribution in [-0.2, 0) is 16.8 Å². The van der Waals surface area contributed by atoms with Gasteiger partial charge in [-0.25, -0.2) is 4.79 Å². The minimum Gasteiger partial charge on any atom is -0.319 e. The summed E-state index contributed by atoms with van der Waals surface area (Å²) in [5.41, 5.74) is 0.858. The lowest BCUT2D eigenvalue weighted by Crippen LogP contribution is -2.41. The zero-order valence-electron chi connectivity index (χ0n) is 16.0. The molecule has 3 amide bonds. The van der Waals surface area contributed by atoms with E-state index in [4.69, 9.17) is 11.6 Å². The van der Waals surface area contributed by atoms with Gasteiger partial charge in [-0.15, -0.1) is 0 Å². The molecular formula is C22H23ClN2O3. The molecule has 1 heterocycles. The second-order valence-corrected chi connectivity index (χ2v) is 7.56. The highest BCUT2D eigenvalue weighted by Gasteiger charge is 2.50. The molecule has 1 N–H and O–H groups in total. The third kappa shape index (κ3) is 3.80. The molecule has 2 aromatic carbocycles. The zero-order valence-corrected chi connectivity index (χ0v) is 16.8. The van der Waals surface area contributed by atoms with E-state index >= 15 is 0 Å². The number of nitrogens with one attached hydrogen (secondary N) is 1. The van der Waals surface area contributed by atoms with Gasteiger partial charge < -0.3 is 5.32 Å². The molecule has 28 heavy (non-hydrogen) atoms. The maximum atomic E-state index is 13.0. The van der Waals surface area contributed by atoms with Crippen LogP contribution in [0.5, 0.6) is 0 Å². The van der Waals surface area contributed by atoms with E-state index in [2.05, 4.69) is 12.2 Å². The molecule has 5 nitrogen and oxygen atoms in total.